The molecule has 2 amide bonds. The number of anilines is 2. The van der Waals surface area contributed by atoms with E-state index in [-0.39, 0.29) is 11.7 Å². The van der Waals surface area contributed by atoms with E-state index in [1.165, 1.54) is 17.2 Å². The number of likely N-dealkylation sites (tertiary alicyclic amines) is 1. The van der Waals surface area contributed by atoms with E-state index in [0.29, 0.717) is 11.3 Å². The molecule has 0 unspecified atom stereocenters. The van der Waals surface area contributed by atoms with E-state index in [2.05, 4.69) is 20.3 Å². The van der Waals surface area contributed by atoms with Crippen molar-refractivity contribution in [2.24, 2.45) is 0 Å². The number of aromatic nitrogens is 3. The molecule has 5 rings (SSSR count). The lowest BCUT2D eigenvalue weighted by atomic mass is 10.2. The van der Waals surface area contributed by atoms with Gasteiger partial charge in [0, 0.05) is 43.4 Å². The molecule has 8 heteroatoms. The summed E-state index contributed by atoms with van der Waals surface area (Å²) >= 11 is 0. The molecule has 0 bridgehead atoms. The zero-order chi connectivity index (χ0) is 18.4. The highest BCUT2D eigenvalue weighted by Crippen LogP contribution is 2.25. The van der Waals surface area contributed by atoms with Gasteiger partial charge in [-0.05, 0) is 37.1 Å². The second kappa shape index (κ2) is 6.22. The summed E-state index contributed by atoms with van der Waals surface area (Å²) in [6.07, 6.45) is 5.79. The molecule has 1 N–H and O–H groups in total. The molecule has 3 aromatic rings. The molecular formula is C19H19FN6O. The topological polar surface area (TPSA) is 66.3 Å². The average Bonchev–Trinajstić information content (AvgIpc) is 2.96. The van der Waals surface area contributed by atoms with Crippen molar-refractivity contribution in [3.63, 3.8) is 0 Å². The van der Waals surface area contributed by atoms with Gasteiger partial charge < -0.3 is 15.1 Å². The number of fused-ring (bicyclic) bond motifs is 1. The van der Waals surface area contributed by atoms with E-state index in [1.54, 1.807) is 29.4 Å². The maximum atomic E-state index is 14.4. The number of pyridine rings is 1. The molecule has 4 heterocycles. The quantitative estimate of drug-likeness (QED) is 0.774. The Morgan fingerprint density at radius 3 is 2.63 bits per heavy atom. The molecule has 0 radical (unpaired) electrons. The van der Waals surface area contributed by atoms with Gasteiger partial charge in [-0.15, -0.1) is 5.10 Å². The summed E-state index contributed by atoms with van der Waals surface area (Å²) in [5.74, 6) is -0.410. The first-order chi connectivity index (χ1) is 13.2. The van der Waals surface area contributed by atoms with Crippen molar-refractivity contribution < 1.29 is 9.18 Å². The van der Waals surface area contributed by atoms with Gasteiger partial charge in [-0.2, -0.15) is 0 Å². The maximum Gasteiger partial charge on any atom is 0.321 e. The summed E-state index contributed by atoms with van der Waals surface area (Å²) in [5, 5.41) is 8.06. The molecule has 2 aromatic heterocycles. The minimum absolute atomic E-state index is 0.162. The third-order valence-electron chi connectivity index (χ3n) is 5.15. The normalized spacial score (nSPS) is 16.2. The molecule has 7 nitrogen and oxygen atoms in total. The fourth-order valence-corrected chi connectivity index (χ4v) is 3.26. The third kappa shape index (κ3) is 2.87. The smallest absolute Gasteiger partial charge is 0.321 e. The molecule has 2 aliphatic heterocycles. The van der Waals surface area contributed by atoms with Gasteiger partial charge in [-0.3, -0.25) is 0 Å². The Kier molecular flexibility index (Phi) is 3.70. The molecule has 2 aliphatic rings. The van der Waals surface area contributed by atoms with E-state index in [4.69, 9.17) is 0 Å². The van der Waals surface area contributed by atoms with Gasteiger partial charge in [0.2, 0.25) is 0 Å². The molecule has 1 aromatic carbocycles. The molecule has 0 aliphatic carbocycles. The van der Waals surface area contributed by atoms with E-state index in [0.717, 1.165) is 43.7 Å². The van der Waals surface area contributed by atoms with E-state index in [9.17, 15) is 9.18 Å². The number of carbonyl (C=O) groups is 1. The second-order valence-electron chi connectivity index (χ2n) is 6.96. The molecule has 2 saturated heterocycles. The lowest BCUT2D eigenvalue weighted by molar-refractivity contribution is 0.181. The second-order valence-corrected chi connectivity index (χ2v) is 6.96. The largest absolute Gasteiger partial charge is 0.370 e. The maximum absolute atomic E-state index is 14.4. The Morgan fingerprint density at radius 1 is 1.11 bits per heavy atom. The highest BCUT2D eigenvalue weighted by molar-refractivity contribution is 5.90. The first kappa shape index (κ1) is 16.0. The summed E-state index contributed by atoms with van der Waals surface area (Å²) in [4.78, 5) is 20.4. The number of benzene rings is 1. The molecular weight excluding hydrogens is 347 g/mol. The lowest BCUT2D eigenvalue weighted by Crippen LogP contribution is -2.44. The van der Waals surface area contributed by atoms with Gasteiger partial charge >= 0.3 is 6.03 Å². The predicted molar refractivity (Wildman–Crippen MR) is 101 cm³/mol. The Labute approximate surface area is 155 Å². The highest BCUT2D eigenvalue weighted by Gasteiger charge is 2.21. The minimum atomic E-state index is -0.410. The number of hydrogen-bond donors (Lipinski definition) is 1. The van der Waals surface area contributed by atoms with Crippen molar-refractivity contribution >= 4 is 28.4 Å². The van der Waals surface area contributed by atoms with Crippen LogP contribution in [0, 0.1) is 5.82 Å². The van der Waals surface area contributed by atoms with Crippen LogP contribution >= 0.6 is 0 Å². The number of nitrogens with one attached hydrogen (secondary N) is 1. The van der Waals surface area contributed by atoms with Crippen LogP contribution in [-0.2, 0) is 0 Å². The Morgan fingerprint density at radius 2 is 1.93 bits per heavy atom. The lowest BCUT2D eigenvalue weighted by Gasteiger charge is -2.32. The van der Waals surface area contributed by atoms with Crippen LogP contribution in [0.15, 0.2) is 36.7 Å². The van der Waals surface area contributed by atoms with E-state index in [1.807, 2.05) is 6.07 Å². The van der Waals surface area contributed by atoms with Crippen LogP contribution in [0.5, 0.6) is 0 Å². The number of urea groups is 1. The molecule has 0 saturated carbocycles. The van der Waals surface area contributed by atoms with Crippen molar-refractivity contribution in [1.82, 2.24) is 19.7 Å². The third-order valence-corrected chi connectivity index (χ3v) is 5.15. The average molecular weight is 366 g/mol. The van der Waals surface area contributed by atoms with Crippen molar-refractivity contribution in [2.45, 2.75) is 12.8 Å². The van der Waals surface area contributed by atoms with Crippen molar-refractivity contribution in [2.75, 3.05) is 36.4 Å². The number of amides is 2. The van der Waals surface area contributed by atoms with Crippen LogP contribution in [-0.4, -0.2) is 51.9 Å². The molecule has 2 fully saturated rings. The molecule has 27 heavy (non-hydrogen) atoms. The van der Waals surface area contributed by atoms with Crippen LogP contribution in [0.3, 0.4) is 0 Å². The van der Waals surface area contributed by atoms with Gasteiger partial charge in [0.15, 0.2) is 5.65 Å². The van der Waals surface area contributed by atoms with Crippen molar-refractivity contribution in [1.29, 1.82) is 0 Å². The zero-order valence-electron chi connectivity index (χ0n) is 14.7. The fourth-order valence-electron chi connectivity index (χ4n) is 3.26. The summed E-state index contributed by atoms with van der Waals surface area (Å²) in [7, 11) is 0. The van der Waals surface area contributed by atoms with E-state index >= 15 is 0 Å². The van der Waals surface area contributed by atoms with Gasteiger partial charge in [0.1, 0.15) is 11.5 Å². The van der Waals surface area contributed by atoms with Crippen LogP contribution in [0.2, 0.25) is 0 Å². The molecule has 0 atom stereocenters. The summed E-state index contributed by atoms with van der Waals surface area (Å²) in [6, 6.07) is 6.35. The first-order valence-corrected chi connectivity index (χ1v) is 9.14. The number of halogens is 1. The number of hydrogen-bond acceptors (Lipinski definition) is 4. The van der Waals surface area contributed by atoms with Crippen LogP contribution in [0.1, 0.15) is 12.8 Å². The van der Waals surface area contributed by atoms with Gasteiger partial charge in [0.05, 0.1) is 11.9 Å². The van der Waals surface area contributed by atoms with Gasteiger partial charge in [-0.25, -0.2) is 18.9 Å². The summed E-state index contributed by atoms with van der Waals surface area (Å²) < 4.78 is 15.9. The van der Waals surface area contributed by atoms with Crippen LogP contribution < -0.4 is 10.2 Å². The van der Waals surface area contributed by atoms with Gasteiger partial charge in [0.25, 0.3) is 0 Å². The number of rotatable bonds is 3. The predicted octanol–water partition coefficient (Wildman–Crippen LogP) is 3.01. The minimum Gasteiger partial charge on any atom is -0.370 e. The van der Waals surface area contributed by atoms with Crippen molar-refractivity contribution in [3.8, 4) is 5.69 Å². The van der Waals surface area contributed by atoms with Crippen molar-refractivity contribution in [3.05, 3.63) is 42.5 Å². The van der Waals surface area contributed by atoms with Crippen LogP contribution in [0.4, 0.5) is 20.6 Å². The van der Waals surface area contributed by atoms with E-state index < -0.39 is 5.82 Å². The Bertz CT molecular complexity index is 1020. The number of carbonyl (C=O) groups excluding carboxylic acids is 1. The molecule has 0 spiro atoms. The highest BCUT2D eigenvalue weighted by atomic mass is 19.1. The summed E-state index contributed by atoms with van der Waals surface area (Å²) in [6.45, 7) is 3.59. The Hall–Kier alpha value is -3.16. The number of nitrogens with zero attached hydrogens (tertiary/aromatic N) is 5. The zero-order valence-corrected chi connectivity index (χ0v) is 14.7. The fraction of sp³-hybridized carbons (Fsp3) is 0.316. The Balaban J connectivity index is 1.45. The SMILES string of the molecule is O=C(Nc1ccc(F)c(-n2cc3cc(N4CCC4)cnc3n2)c1)N1CCC1. The summed E-state index contributed by atoms with van der Waals surface area (Å²) in [5.41, 5.74) is 2.44. The first-order valence-electron chi connectivity index (χ1n) is 9.14. The van der Waals surface area contributed by atoms with Crippen LogP contribution in [0.25, 0.3) is 16.7 Å². The standard InChI is InChI=1S/C19H19FN6O/c20-16-4-3-14(22-19(27)25-7-2-8-25)10-17(16)26-12-13-9-15(24-5-1-6-24)11-21-18(13)23-26/h3-4,9-12H,1-2,5-8H2,(H,22,27). The monoisotopic (exact) mass is 366 g/mol. The molecule has 138 valence electrons. The van der Waals surface area contributed by atoms with Gasteiger partial charge in [-0.1, -0.05) is 0 Å².